The summed E-state index contributed by atoms with van der Waals surface area (Å²) in [6.45, 7) is 8.27. The fourth-order valence-corrected chi connectivity index (χ4v) is 1.48. The van der Waals surface area contributed by atoms with Crippen molar-refractivity contribution < 1.29 is 0 Å². The molecule has 0 aliphatic heterocycles. The van der Waals surface area contributed by atoms with E-state index in [4.69, 9.17) is 0 Å². The van der Waals surface area contributed by atoms with E-state index in [0.29, 0.717) is 0 Å². The highest BCUT2D eigenvalue weighted by atomic mass is 14.2. The summed E-state index contributed by atoms with van der Waals surface area (Å²) in [5, 5.41) is 0. The van der Waals surface area contributed by atoms with Gasteiger partial charge in [0.05, 0.1) is 0 Å². The van der Waals surface area contributed by atoms with Crippen molar-refractivity contribution in [3.63, 3.8) is 0 Å². The Labute approximate surface area is 75.0 Å². The number of hydrogen-bond donors (Lipinski definition) is 0. The van der Waals surface area contributed by atoms with Crippen LogP contribution in [-0.2, 0) is 0 Å². The number of rotatable bonds is 0. The lowest BCUT2D eigenvalue weighted by atomic mass is 10.2. The quantitative estimate of drug-likeness (QED) is 0.506. The van der Waals surface area contributed by atoms with Crippen molar-refractivity contribution in [2.75, 3.05) is 0 Å². The summed E-state index contributed by atoms with van der Waals surface area (Å²) in [7, 11) is 0. The van der Waals surface area contributed by atoms with Crippen molar-refractivity contribution >= 4 is 0 Å². The van der Waals surface area contributed by atoms with Gasteiger partial charge in [0.1, 0.15) is 0 Å². The Hall–Kier alpha value is -1.04. The van der Waals surface area contributed by atoms with E-state index >= 15 is 0 Å². The predicted octanol–water partition coefficient (Wildman–Crippen LogP) is 3.79. The maximum absolute atomic E-state index is 2.22. The summed E-state index contributed by atoms with van der Waals surface area (Å²) >= 11 is 0. The maximum Gasteiger partial charge on any atom is -0.0179 e. The van der Waals surface area contributed by atoms with Crippen molar-refractivity contribution in [1.82, 2.24) is 0 Å². The van der Waals surface area contributed by atoms with Gasteiger partial charge in [-0.2, -0.15) is 0 Å². The summed E-state index contributed by atoms with van der Waals surface area (Å²) in [5.41, 5.74) is 5.50. The minimum atomic E-state index is 1.37. The highest BCUT2D eigenvalue weighted by Gasteiger charge is 2.11. The first-order chi connectivity index (χ1) is 5.75. The van der Waals surface area contributed by atoms with Crippen LogP contribution in [0.15, 0.2) is 46.6 Å². The largest absolute Gasteiger partial charge is 0.0683 e. The molecule has 0 atom stereocenters. The molecule has 0 amide bonds. The molecule has 12 heavy (non-hydrogen) atoms. The molecule has 0 radical (unpaired) electrons. The summed E-state index contributed by atoms with van der Waals surface area (Å²) in [5.74, 6) is 0. The Kier molecular flexibility index (Phi) is 2.69. The molecule has 0 heterocycles. The van der Waals surface area contributed by atoms with Crippen molar-refractivity contribution in [3.05, 3.63) is 46.6 Å². The first-order valence-electron chi connectivity index (χ1n) is 4.56. The highest BCUT2D eigenvalue weighted by Crippen LogP contribution is 2.30. The standard InChI is InChI=1S/C10H10.C2H6/c1-7-3-9-5-8(2)6-10(9)4-7;1-2/h3-6H,1-2H3;1-2H3. The van der Waals surface area contributed by atoms with Crippen LogP contribution in [0.2, 0.25) is 0 Å². The van der Waals surface area contributed by atoms with E-state index < -0.39 is 0 Å². The monoisotopic (exact) mass is 160 g/mol. The average molecular weight is 160 g/mol. The summed E-state index contributed by atoms with van der Waals surface area (Å²) in [4.78, 5) is 0. The van der Waals surface area contributed by atoms with Gasteiger partial charge in [-0.3, -0.25) is 0 Å². The van der Waals surface area contributed by atoms with Crippen LogP contribution in [0.25, 0.3) is 0 Å². The zero-order valence-corrected chi connectivity index (χ0v) is 8.31. The van der Waals surface area contributed by atoms with Crippen molar-refractivity contribution in [1.29, 1.82) is 0 Å². The third-order valence-corrected chi connectivity index (χ3v) is 1.87. The van der Waals surface area contributed by atoms with Gasteiger partial charge in [-0.25, -0.2) is 0 Å². The Morgan fingerprint density at radius 1 is 0.667 bits per heavy atom. The lowest BCUT2D eigenvalue weighted by molar-refractivity contribution is 1.50. The van der Waals surface area contributed by atoms with E-state index in [1.807, 2.05) is 13.8 Å². The van der Waals surface area contributed by atoms with Gasteiger partial charge in [0, 0.05) is 0 Å². The van der Waals surface area contributed by atoms with Crippen LogP contribution in [0.1, 0.15) is 27.7 Å². The second-order valence-corrected chi connectivity index (χ2v) is 2.98. The Morgan fingerprint density at radius 3 is 1.33 bits per heavy atom. The molecule has 0 N–H and O–H groups in total. The normalized spacial score (nSPS) is 18.3. The summed E-state index contributed by atoms with van der Waals surface area (Å²) in [6, 6.07) is 0. The average Bonchev–Trinajstić information content (AvgIpc) is 2.48. The molecule has 0 nitrogen and oxygen atoms in total. The highest BCUT2D eigenvalue weighted by molar-refractivity contribution is 5.64. The molecule has 0 bridgehead atoms. The molecule has 2 aliphatic rings. The molecule has 0 spiro atoms. The molecule has 0 aromatic rings. The van der Waals surface area contributed by atoms with Crippen molar-refractivity contribution in [3.8, 4) is 0 Å². The molecule has 0 unspecified atom stereocenters. The van der Waals surface area contributed by atoms with E-state index in [-0.39, 0.29) is 0 Å². The molecule has 0 fully saturated rings. The molecule has 0 heteroatoms. The molecule has 0 aromatic heterocycles. The Balaban J connectivity index is 0.000000336. The summed E-state index contributed by atoms with van der Waals surface area (Å²) in [6.07, 6.45) is 8.90. The van der Waals surface area contributed by atoms with E-state index in [0.717, 1.165) is 0 Å². The van der Waals surface area contributed by atoms with Crippen LogP contribution in [-0.4, -0.2) is 0 Å². The van der Waals surface area contributed by atoms with E-state index in [2.05, 4.69) is 38.2 Å². The zero-order chi connectivity index (χ0) is 9.14. The van der Waals surface area contributed by atoms with Crippen LogP contribution in [0.4, 0.5) is 0 Å². The van der Waals surface area contributed by atoms with Gasteiger partial charge in [0.15, 0.2) is 0 Å². The second-order valence-electron chi connectivity index (χ2n) is 2.98. The second kappa shape index (κ2) is 3.57. The van der Waals surface area contributed by atoms with Gasteiger partial charge in [0.2, 0.25) is 0 Å². The van der Waals surface area contributed by atoms with Crippen LogP contribution in [0, 0.1) is 0 Å². The van der Waals surface area contributed by atoms with Crippen LogP contribution in [0.3, 0.4) is 0 Å². The van der Waals surface area contributed by atoms with E-state index in [9.17, 15) is 0 Å². The molecular formula is C12H16. The Morgan fingerprint density at radius 2 is 1.00 bits per heavy atom. The smallest absolute Gasteiger partial charge is 0.0179 e. The van der Waals surface area contributed by atoms with E-state index in [1.165, 1.54) is 22.3 Å². The molecular weight excluding hydrogens is 144 g/mol. The summed E-state index contributed by atoms with van der Waals surface area (Å²) < 4.78 is 0. The maximum atomic E-state index is 2.22. The fraction of sp³-hybridized carbons (Fsp3) is 0.333. The SMILES string of the molecule is CC.CC1=CC2=CC(C)=CC2=C1. The van der Waals surface area contributed by atoms with Crippen molar-refractivity contribution in [2.24, 2.45) is 0 Å². The number of allylic oxidation sites excluding steroid dienone is 8. The van der Waals surface area contributed by atoms with E-state index in [1.54, 1.807) is 0 Å². The lowest BCUT2D eigenvalue weighted by Gasteiger charge is -1.85. The molecule has 0 saturated heterocycles. The van der Waals surface area contributed by atoms with Gasteiger partial charge in [0.25, 0.3) is 0 Å². The van der Waals surface area contributed by atoms with Gasteiger partial charge in [-0.05, 0) is 36.1 Å². The fourth-order valence-electron chi connectivity index (χ4n) is 1.48. The van der Waals surface area contributed by atoms with Crippen molar-refractivity contribution in [2.45, 2.75) is 27.7 Å². The van der Waals surface area contributed by atoms with Crippen LogP contribution < -0.4 is 0 Å². The van der Waals surface area contributed by atoms with Gasteiger partial charge >= 0.3 is 0 Å². The molecule has 64 valence electrons. The molecule has 0 aromatic carbocycles. The van der Waals surface area contributed by atoms with Gasteiger partial charge < -0.3 is 0 Å². The topological polar surface area (TPSA) is 0 Å². The Bertz CT molecular complexity index is 264. The number of fused-ring (bicyclic) bond motifs is 1. The van der Waals surface area contributed by atoms with Gasteiger partial charge in [-0.15, -0.1) is 0 Å². The zero-order valence-electron chi connectivity index (χ0n) is 8.31. The molecule has 2 aliphatic carbocycles. The van der Waals surface area contributed by atoms with Crippen LogP contribution in [0.5, 0.6) is 0 Å². The number of hydrogen-bond acceptors (Lipinski definition) is 0. The third-order valence-electron chi connectivity index (χ3n) is 1.87. The third kappa shape index (κ3) is 1.58. The van der Waals surface area contributed by atoms with Crippen LogP contribution >= 0.6 is 0 Å². The molecule has 0 saturated carbocycles. The minimum Gasteiger partial charge on any atom is -0.0683 e. The minimum absolute atomic E-state index is 1.37. The first-order valence-corrected chi connectivity index (χ1v) is 4.56. The lowest BCUT2D eigenvalue weighted by Crippen LogP contribution is -1.67. The van der Waals surface area contributed by atoms with Gasteiger partial charge in [-0.1, -0.05) is 38.2 Å². The predicted molar refractivity (Wildman–Crippen MR) is 55.0 cm³/mol. The molecule has 2 rings (SSSR count). The first kappa shape index (κ1) is 9.05.